The highest BCUT2D eigenvalue weighted by Crippen LogP contribution is 2.30. The van der Waals surface area contributed by atoms with Gasteiger partial charge in [0, 0.05) is 0 Å². The Hall–Kier alpha value is -1.51. The van der Waals surface area contributed by atoms with E-state index in [1.807, 2.05) is 20.8 Å². The molecular weight excluding hydrogens is 180 g/mol. The number of carbonyl (C=O) groups is 1. The van der Waals surface area contributed by atoms with Crippen LogP contribution in [0.2, 0.25) is 0 Å². The molecule has 0 bridgehead atoms. The maximum atomic E-state index is 10.9. The lowest BCUT2D eigenvalue weighted by molar-refractivity contribution is 0.0691. The number of phenols is 1. The molecule has 0 saturated carbocycles. The lowest BCUT2D eigenvalue weighted by Crippen LogP contribution is -2.16. The van der Waals surface area contributed by atoms with Gasteiger partial charge in [0.25, 0.3) is 0 Å². The molecule has 0 aliphatic rings. The molecule has 0 aliphatic carbocycles. The van der Waals surface area contributed by atoms with Gasteiger partial charge in [-0.2, -0.15) is 0 Å². The molecular formula is C11H14O3. The van der Waals surface area contributed by atoms with E-state index in [9.17, 15) is 9.90 Å². The van der Waals surface area contributed by atoms with Crippen LogP contribution in [0, 0.1) is 0 Å². The number of aromatic hydroxyl groups is 1. The predicted octanol–water partition coefficient (Wildman–Crippen LogP) is 2.39. The Labute approximate surface area is 83.0 Å². The first-order valence-electron chi connectivity index (χ1n) is 4.40. The smallest absolute Gasteiger partial charge is 0.339 e. The summed E-state index contributed by atoms with van der Waals surface area (Å²) in [5, 5.41) is 18.4. The van der Waals surface area contributed by atoms with E-state index >= 15 is 0 Å². The van der Waals surface area contributed by atoms with Crippen molar-refractivity contribution in [2.75, 3.05) is 0 Å². The average molecular weight is 194 g/mol. The number of hydrogen-bond acceptors (Lipinski definition) is 2. The van der Waals surface area contributed by atoms with E-state index in [4.69, 9.17) is 5.11 Å². The zero-order valence-corrected chi connectivity index (χ0v) is 8.53. The molecule has 0 aliphatic heterocycles. The van der Waals surface area contributed by atoms with Gasteiger partial charge in [0.15, 0.2) is 0 Å². The second-order valence-corrected chi connectivity index (χ2v) is 4.25. The fourth-order valence-electron chi connectivity index (χ4n) is 1.39. The molecule has 0 heterocycles. The van der Waals surface area contributed by atoms with Gasteiger partial charge < -0.3 is 10.2 Å². The molecule has 0 spiro atoms. The normalized spacial score (nSPS) is 11.4. The summed E-state index contributed by atoms with van der Waals surface area (Å²) in [5.41, 5.74) is 0.358. The molecule has 1 aromatic carbocycles. The average Bonchev–Trinajstić information content (AvgIpc) is 2.01. The summed E-state index contributed by atoms with van der Waals surface area (Å²) in [6, 6.07) is 4.77. The van der Waals surface area contributed by atoms with Gasteiger partial charge in [0.1, 0.15) is 11.3 Å². The zero-order valence-electron chi connectivity index (χ0n) is 8.53. The molecule has 1 rings (SSSR count). The van der Waals surface area contributed by atoms with E-state index in [0.29, 0.717) is 5.56 Å². The van der Waals surface area contributed by atoms with Crippen LogP contribution in [-0.2, 0) is 5.41 Å². The molecule has 0 radical (unpaired) electrons. The Morgan fingerprint density at radius 3 is 2.21 bits per heavy atom. The Morgan fingerprint density at radius 1 is 1.29 bits per heavy atom. The van der Waals surface area contributed by atoms with Gasteiger partial charge in [-0.25, -0.2) is 4.79 Å². The van der Waals surface area contributed by atoms with Crippen LogP contribution in [0.4, 0.5) is 0 Å². The Morgan fingerprint density at radius 2 is 1.86 bits per heavy atom. The van der Waals surface area contributed by atoms with E-state index in [2.05, 4.69) is 0 Å². The first-order valence-corrected chi connectivity index (χ1v) is 4.40. The summed E-state index contributed by atoms with van der Waals surface area (Å²) in [7, 11) is 0. The quantitative estimate of drug-likeness (QED) is 0.721. The van der Waals surface area contributed by atoms with Crippen LogP contribution in [0.25, 0.3) is 0 Å². The van der Waals surface area contributed by atoms with Crippen molar-refractivity contribution in [3.8, 4) is 5.75 Å². The number of hydrogen-bond donors (Lipinski definition) is 2. The third kappa shape index (κ3) is 1.87. The zero-order chi connectivity index (χ0) is 10.9. The number of carboxylic acids is 1. The van der Waals surface area contributed by atoms with E-state index < -0.39 is 5.97 Å². The first-order chi connectivity index (χ1) is 6.34. The lowest BCUT2D eigenvalue weighted by atomic mass is 9.83. The lowest BCUT2D eigenvalue weighted by Gasteiger charge is -2.21. The largest absolute Gasteiger partial charge is 0.507 e. The van der Waals surface area contributed by atoms with Crippen molar-refractivity contribution < 1.29 is 15.0 Å². The van der Waals surface area contributed by atoms with Crippen molar-refractivity contribution >= 4 is 5.97 Å². The monoisotopic (exact) mass is 194 g/mol. The Kier molecular flexibility index (Phi) is 2.51. The molecule has 76 valence electrons. The summed E-state index contributed by atoms with van der Waals surface area (Å²) in [5.74, 6) is -1.27. The fraction of sp³-hybridized carbons (Fsp3) is 0.364. The molecule has 0 amide bonds. The van der Waals surface area contributed by atoms with E-state index in [0.717, 1.165) is 0 Å². The van der Waals surface area contributed by atoms with Crippen LogP contribution in [0.3, 0.4) is 0 Å². The number of benzene rings is 1. The van der Waals surface area contributed by atoms with Crippen molar-refractivity contribution in [2.45, 2.75) is 26.2 Å². The standard InChI is InChI=1S/C11H14O3/c1-11(2,3)7-5-4-6-8(12)9(7)10(13)14/h4-6,12H,1-3H3,(H,13,14). The van der Waals surface area contributed by atoms with Crippen molar-refractivity contribution in [2.24, 2.45) is 0 Å². The Bertz CT molecular complexity index is 361. The second kappa shape index (κ2) is 3.33. The maximum Gasteiger partial charge on any atom is 0.339 e. The second-order valence-electron chi connectivity index (χ2n) is 4.25. The summed E-state index contributed by atoms with van der Waals surface area (Å²) >= 11 is 0. The van der Waals surface area contributed by atoms with E-state index in [-0.39, 0.29) is 16.7 Å². The van der Waals surface area contributed by atoms with Gasteiger partial charge in [-0.1, -0.05) is 32.9 Å². The number of aromatic carboxylic acids is 1. The van der Waals surface area contributed by atoms with Crippen LogP contribution < -0.4 is 0 Å². The van der Waals surface area contributed by atoms with Gasteiger partial charge in [-0.3, -0.25) is 0 Å². The molecule has 14 heavy (non-hydrogen) atoms. The van der Waals surface area contributed by atoms with Crippen molar-refractivity contribution in [3.63, 3.8) is 0 Å². The van der Waals surface area contributed by atoms with E-state index in [1.165, 1.54) is 6.07 Å². The highest BCUT2D eigenvalue weighted by molar-refractivity contribution is 5.92. The van der Waals surface area contributed by atoms with Crippen LogP contribution in [0.1, 0.15) is 36.7 Å². The Balaban J connectivity index is 3.44. The molecule has 0 aromatic heterocycles. The molecule has 1 aromatic rings. The number of rotatable bonds is 1. The molecule has 3 heteroatoms. The van der Waals surface area contributed by atoms with Crippen LogP contribution >= 0.6 is 0 Å². The van der Waals surface area contributed by atoms with Crippen LogP contribution in [0.5, 0.6) is 5.75 Å². The van der Waals surface area contributed by atoms with Gasteiger partial charge in [0.2, 0.25) is 0 Å². The van der Waals surface area contributed by atoms with Crippen molar-refractivity contribution in [1.29, 1.82) is 0 Å². The molecule has 0 saturated heterocycles. The summed E-state index contributed by atoms with van der Waals surface area (Å²) in [6.45, 7) is 5.73. The molecule has 0 unspecified atom stereocenters. The first kappa shape index (κ1) is 10.6. The van der Waals surface area contributed by atoms with Crippen LogP contribution in [-0.4, -0.2) is 16.2 Å². The third-order valence-corrected chi connectivity index (χ3v) is 2.06. The van der Waals surface area contributed by atoms with Crippen LogP contribution in [0.15, 0.2) is 18.2 Å². The summed E-state index contributed by atoms with van der Waals surface area (Å²) in [4.78, 5) is 10.9. The topological polar surface area (TPSA) is 57.5 Å². The van der Waals surface area contributed by atoms with Gasteiger partial charge in [-0.15, -0.1) is 0 Å². The molecule has 2 N–H and O–H groups in total. The van der Waals surface area contributed by atoms with E-state index in [1.54, 1.807) is 12.1 Å². The molecule has 0 fully saturated rings. The van der Waals surface area contributed by atoms with Gasteiger partial charge in [0.05, 0.1) is 0 Å². The van der Waals surface area contributed by atoms with Gasteiger partial charge in [-0.05, 0) is 17.0 Å². The molecule has 0 atom stereocenters. The maximum absolute atomic E-state index is 10.9. The summed E-state index contributed by atoms with van der Waals surface area (Å²) in [6.07, 6.45) is 0. The van der Waals surface area contributed by atoms with Gasteiger partial charge >= 0.3 is 5.97 Å². The minimum absolute atomic E-state index is 0.000000000000000222. The highest BCUT2D eigenvalue weighted by Gasteiger charge is 2.23. The SMILES string of the molecule is CC(C)(C)c1cccc(O)c1C(=O)O. The third-order valence-electron chi connectivity index (χ3n) is 2.06. The minimum atomic E-state index is -1.09. The number of carboxylic acid groups (broad SMARTS) is 1. The highest BCUT2D eigenvalue weighted by atomic mass is 16.4. The molecule has 3 nitrogen and oxygen atoms in total. The predicted molar refractivity (Wildman–Crippen MR) is 53.8 cm³/mol. The summed E-state index contributed by atoms with van der Waals surface area (Å²) < 4.78 is 0. The fourth-order valence-corrected chi connectivity index (χ4v) is 1.39. The van der Waals surface area contributed by atoms with Crippen molar-refractivity contribution in [1.82, 2.24) is 0 Å². The minimum Gasteiger partial charge on any atom is -0.507 e. The van der Waals surface area contributed by atoms with Crippen molar-refractivity contribution in [3.05, 3.63) is 29.3 Å².